The lowest BCUT2D eigenvalue weighted by Crippen LogP contribution is -2.26. The van der Waals surface area contributed by atoms with Gasteiger partial charge in [-0.15, -0.1) is 0 Å². The van der Waals surface area contributed by atoms with Crippen LogP contribution >= 0.6 is 11.6 Å². The summed E-state index contributed by atoms with van der Waals surface area (Å²) in [5.74, 6) is 0.373. The molecule has 2 aromatic rings. The monoisotopic (exact) mass is 331 g/mol. The average Bonchev–Trinajstić information content (AvgIpc) is 2.53. The first-order valence-electron chi connectivity index (χ1n) is 7.77. The van der Waals surface area contributed by atoms with Crippen molar-refractivity contribution in [2.45, 2.75) is 20.3 Å². The fraction of sp³-hybridized carbons (Fsp3) is 0.333. The Morgan fingerprint density at radius 1 is 1.26 bits per heavy atom. The van der Waals surface area contributed by atoms with Crippen LogP contribution in [0.15, 0.2) is 42.6 Å². The Balaban J connectivity index is 1.86. The molecule has 4 nitrogen and oxygen atoms in total. The molecular formula is C18H22ClN3O. The van der Waals surface area contributed by atoms with Gasteiger partial charge in [-0.2, -0.15) is 0 Å². The summed E-state index contributed by atoms with van der Waals surface area (Å²) in [6.07, 6.45) is 2.38. The number of anilines is 1. The number of carbonyl (C=O) groups excluding carboxylic acids is 1. The van der Waals surface area contributed by atoms with Crippen molar-refractivity contribution in [3.8, 4) is 0 Å². The molecule has 23 heavy (non-hydrogen) atoms. The molecule has 5 heteroatoms. The van der Waals surface area contributed by atoms with E-state index in [-0.39, 0.29) is 5.91 Å². The van der Waals surface area contributed by atoms with Crippen LogP contribution in [0.5, 0.6) is 0 Å². The van der Waals surface area contributed by atoms with Crippen LogP contribution in [0.3, 0.4) is 0 Å². The molecule has 1 aromatic heterocycles. The molecule has 0 fully saturated rings. The number of benzene rings is 1. The molecule has 0 radical (unpaired) electrons. The molecular weight excluding hydrogens is 310 g/mol. The van der Waals surface area contributed by atoms with Crippen LogP contribution in [-0.2, 0) is 6.42 Å². The Hall–Kier alpha value is -2.07. The van der Waals surface area contributed by atoms with Gasteiger partial charge in [0.2, 0.25) is 0 Å². The lowest BCUT2D eigenvalue weighted by atomic mass is 10.1. The van der Waals surface area contributed by atoms with Gasteiger partial charge in [0.1, 0.15) is 5.69 Å². The Labute approximate surface area is 142 Å². The van der Waals surface area contributed by atoms with Crippen molar-refractivity contribution in [1.82, 2.24) is 10.3 Å². The first kappa shape index (κ1) is 17.3. The molecule has 0 saturated carbocycles. The third kappa shape index (κ3) is 5.91. The van der Waals surface area contributed by atoms with E-state index in [9.17, 15) is 4.79 Å². The molecule has 0 aliphatic heterocycles. The molecule has 2 N–H and O–H groups in total. The van der Waals surface area contributed by atoms with Crippen molar-refractivity contribution >= 4 is 23.2 Å². The smallest absolute Gasteiger partial charge is 0.269 e. The quantitative estimate of drug-likeness (QED) is 0.812. The summed E-state index contributed by atoms with van der Waals surface area (Å²) in [6, 6.07) is 11.3. The normalized spacial score (nSPS) is 10.6. The van der Waals surface area contributed by atoms with E-state index in [1.807, 2.05) is 30.3 Å². The first-order valence-corrected chi connectivity index (χ1v) is 8.15. The highest BCUT2D eigenvalue weighted by molar-refractivity contribution is 6.30. The molecule has 0 aliphatic rings. The molecule has 1 heterocycles. The number of nitrogens with one attached hydrogen (secondary N) is 2. The lowest BCUT2D eigenvalue weighted by molar-refractivity contribution is 0.0949. The van der Waals surface area contributed by atoms with Crippen LogP contribution in [-0.4, -0.2) is 24.0 Å². The van der Waals surface area contributed by atoms with E-state index in [1.165, 1.54) is 0 Å². The Bertz CT molecular complexity index is 658. The molecule has 0 spiro atoms. The number of nitrogens with zero attached hydrogens (tertiary/aromatic N) is 1. The Morgan fingerprint density at radius 2 is 2.09 bits per heavy atom. The van der Waals surface area contributed by atoms with Gasteiger partial charge in [-0.3, -0.25) is 9.78 Å². The molecule has 1 aromatic carbocycles. The van der Waals surface area contributed by atoms with Gasteiger partial charge in [0.15, 0.2) is 0 Å². The number of halogens is 1. The maximum absolute atomic E-state index is 12.2. The zero-order chi connectivity index (χ0) is 16.7. The number of amides is 1. The van der Waals surface area contributed by atoms with E-state index in [4.69, 9.17) is 11.6 Å². The van der Waals surface area contributed by atoms with Gasteiger partial charge in [-0.05, 0) is 42.2 Å². The number of rotatable bonds is 7. The molecule has 0 saturated heterocycles. The van der Waals surface area contributed by atoms with Crippen LogP contribution in [0.2, 0.25) is 5.02 Å². The highest BCUT2D eigenvalue weighted by Crippen LogP contribution is 2.11. The van der Waals surface area contributed by atoms with Crippen molar-refractivity contribution in [1.29, 1.82) is 0 Å². The number of carbonyl (C=O) groups is 1. The molecule has 2 rings (SSSR count). The number of pyridine rings is 1. The van der Waals surface area contributed by atoms with Crippen LogP contribution in [0.4, 0.5) is 5.69 Å². The summed E-state index contributed by atoms with van der Waals surface area (Å²) < 4.78 is 0. The Morgan fingerprint density at radius 3 is 2.83 bits per heavy atom. The van der Waals surface area contributed by atoms with E-state index >= 15 is 0 Å². The second-order valence-corrected chi connectivity index (χ2v) is 6.28. The van der Waals surface area contributed by atoms with Crippen molar-refractivity contribution in [2.75, 3.05) is 18.4 Å². The third-order valence-corrected chi connectivity index (χ3v) is 3.53. The predicted octanol–water partition coefficient (Wildman–Crippen LogP) is 3.78. The molecule has 0 atom stereocenters. The van der Waals surface area contributed by atoms with E-state index in [1.54, 1.807) is 12.3 Å². The van der Waals surface area contributed by atoms with Crippen molar-refractivity contribution in [3.63, 3.8) is 0 Å². The van der Waals surface area contributed by atoms with Gasteiger partial charge in [0.05, 0.1) is 0 Å². The molecule has 1 amide bonds. The standard InChI is InChI=1S/C18H22ClN3O/c1-13(2)12-22-16-7-9-20-17(11-16)18(23)21-8-6-14-4-3-5-15(19)10-14/h3-5,7,9-11,13H,6,8,12H2,1-2H3,(H,20,22)(H,21,23). The first-order chi connectivity index (χ1) is 11.0. The summed E-state index contributed by atoms with van der Waals surface area (Å²) in [7, 11) is 0. The summed E-state index contributed by atoms with van der Waals surface area (Å²) in [6.45, 7) is 5.68. The van der Waals surface area contributed by atoms with Crippen LogP contribution < -0.4 is 10.6 Å². The van der Waals surface area contributed by atoms with Crippen molar-refractivity contribution < 1.29 is 4.79 Å². The van der Waals surface area contributed by atoms with Gasteiger partial charge < -0.3 is 10.6 Å². The second kappa shape index (κ2) is 8.53. The molecule has 0 aliphatic carbocycles. The van der Waals surface area contributed by atoms with E-state index in [2.05, 4.69) is 29.5 Å². The summed E-state index contributed by atoms with van der Waals surface area (Å²) >= 11 is 5.95. The van der Waals surface area contributed by atoms with Crippen LogP contribution in [0.1, 0.15) is 29.9 Å². The van der Waals surface area contributed by atoms with Gasteiger partial charge in [0, 0.05) is 30.0 Å². The minimum absolute atomic E-state index is 0.166. The fourth-order valence-corrected chi connectivity index (χ4v) is 2.30. The SMILES string of the molecule is CC(C)CNc1ccnc(C(=O)NCCc2cccc(Cl)c2)c1. The number of aromatic nitrogens is 1. The highest BCUT2D eigenvalue weighted by atomic mass is 35.5. The summed E-state index contributed by atoms with van der Waals surface area (Å²) in [5, 5.41) is 6.89. The lowest BCUT2D eigenvalue weighted by Gasteiger charge is -2.10. The Kier molecular flexibility index (Phi) is 6.41. The maximum atomic E-state index is 12.2. The zero-order valence-corrected chi connectivity index (χ0v) is 14.2. The second-order valence-electron chi connectivity index (χ2n) is 5.84. The minimum atomic E-state index is -0.166. The van der Waals surface area contributed by atoms with E-state index in [0.717, 1.165) is 24.2 Å². The zero-order valence-electron chi connectivity index (χ0n) is 13.5. The summed E-state index contributed by atoms with van der Waals surface area (Å²) in [4.78, 5) is 16.3. The van der Waals surface area contributed by atoms with Gasteiger partial charge in [-0.25, -0.2) is 0 Å². The van der Waals surface area contributed by atoms with Crippen LogP contribution in [0.25, 0.3) is 0 Å². The molecule has 0 bridgehead atoms. The highest BCUT2D eigenvalue weighted by Gasteiger charge is 2.07. The molecule has 122 valence electrons. The van der Waals surface area contributed by atoms with E-state index < -0.39 is 0 Å². The third-order valence-electron chi connectivity index (χ3n) is 3.30. The minimum Gasteiger partial charge on any atom is -0.385 e. The van der Waals surface area contributed by atoms with Crippen molar-refractivity contribution in [3.05, 3.63) is 58.9 Å². The molecule has 0 unspecified atom stereocenters. The topological polar surface area (TPSA) is 54.0 Å². The number of hydrogen-bond acceptors (Lipinski definition) is 3. The average molecular weight is 332 g/mol. The maximum Gasteiger partial charge on any atom is 0.269 e. The fourth-order valence-electron chi connectivity index (χ4n) is 2.09. The van der Waals surface area contributed by atoms with Crippen molar-refractivity contribution in [2.24, 2.45) is 5.92 Å². The largest absolute Gasteiger partial charge is 0.385 e. The predicted molar refractivity (Wildman–Crippen MR) is 95.1 cm³/mol. The van der Waals surface area contributed by atoms with E-state index in [0.29, 0.717) is 23.2 Å². The van der Waals surface area contributed by atoms with Gasteiger partial charge >= 0.3 is 0 Å². The van der Waals surface area contributed by atoms with Gasteiger partial charge in [-0.1, -0.05) is 37.6 Å². The van der Waals surface area contributed by atoms with Gasteiger partial charge in [0.25, 0.3) is 5.91 Å². The number of hydrogen-bond donors (Lipinski definition) is 2. The summed E-state index contributed by atoms with van der Waals surface area (Å²) in [5.41, 5.74) is 2.43. The van der Waals surface area contributed by atoms with Crippen LogP contribution in [0, 0.1) is 5.92 Å².